The lowest BCUT2D eigenvalue weighted by Crippen LogP contribution is -2.33. The summed E-state index contributed by atoms with van der Waals surface area (Å²) in [5.74, 6) is 3.53. The first-order valence-corrected chi connectivity index (χ1v) is 9.99. The number of carbonyl (C=O) groups is 1. The van der Waals surface area contributed by atoms with E-state index in [1.807, 2.05) is 39.8 Å². The van der Waals surface area contributed by atoms with Crippen molar-refractivity contribution in [3.8, 4) is 18.4 Å². The Labute approximate surface area is 182 Å². The van der Waals surface area contributed by atoms with Gasteiger partial charge >= 0.3 is 6.09 Å². The summed E-state index contributed by atoms with van der Waals surface area (Å²) >= 11 is 0. The zero-order valence-corrected chi connectivity index (χ0v) is 18.2. The molecule has 1 amide bonds. The normalized spacial score (nSPS) is 12.5. The molecule has 0 fully saturated rings. The molecule has 1 aliphatic heterocycles. The van der Waals surface area contributed by atoms with E-state index in [-0.39, 0.29) is 6.54 Å². The molecule has 1 aromatic heterocycles. The lowest BCUT2D eigenvalue weighted by Gasteiger charge is -2.24. The average molecular weight is 419 g/mol. The third kappa shape index (κ3) is 5.23. The van der Waals surface area contributed by atoms with Crippen LogP contribution in [0.15, 0.2) is 18.2 Å². The number of amides is 1. The fourth-order valence-electron chi connectivity index (χ4n) is 3.24. The number of aromatic nitrogens is 2. The second kappa shape index (κ2) is 8.93. The van der Waals surface area contributed by atoms with Gasteiger partial charge in [0.25, 0.3) is 0 Å². The zero-order valence-electron chi connectivity index (χ0n) is 18.2. The van der Waals surface area contributed by atoms with Gasteiger partial charge in [-0.25, -0.2) is 9.78 Å². The smallest absolute Gasteiger partial charge is 0.410 e. The molecule has 0 unspecified atom stereocenters. The predicted molar refractivity (Wildman–Crippen MR) is 118 cm³/mol. The van der Waals surface area contributed by atoms with Gasteiger partial charge in [-0.05, 0) is 44.9 Å². The molecule has 31 heavy (non-hydrogen) atoms. The molecule has 0 saturated carbocycles. The molecule has 0 spiro atoms. The molecule has 0 saturated heterocycles. The van der Waals surface area contributed by atoms with E-state index in [4.69, 9.17) is 11.2 Å². The van der Waals surface area contributed by atoms with Crippen molar-refractivity contribution in [2.45, 2.75) is 52.9 Å². The van der Waals surface area contributed by atoms with Gasteiger partial charge in [0.2, 0.25) is 5.95 Å². The first-order chi connectivity index (χ1) is 14.7. The quantitative estimate of drug-likeness (QED) is 0.716. The van der Waals surface area contributed by atoms with Gasteiger partial charge in [-0.15, -0.1) is 6.42 Å². The number of hydrogen-bond donors (Lipinski definition) is 2. The van der Waals surface area contributed by atoms with Crippen molar-refractivity contribution in [3.05, 3.63) is 46.1 Å². The molecule has 0 radical (unpaired) electrons. The standard InChI is InChI=1S/C23H26N6O2/c1-6-10-25-21-27-19-14-29(22(30)31-23(3,4)5)13-18(19)20(28-21)26-12-17-9-7-8-16(11-24)15(17)2/h1,7-9H,10,12-14H2,2-5H3,(H2,25,26,27,28). The number of hydrogen-bond acceptors (Lipinski definition) is 7. The van der Waals surface area contributed by atoms with E-state index < -0.39 is 11.7 Å². The van der Waals surface area contributed by atoms with Crippen LogP contribution in [0, 0.1) is 30.6 Å². The van der Waals surface area contributed by atoms with Gasteiger partial charge in [0.05, 0.1) is 37.0 Å². The zero-order chi connectivity index (χ0) is 22.6. The number of anilines is 2. The second-order valence-corrected chi connectivity index (χ2v) is 8.27. The number of rotatable bonds is 5. The fourth-order valence-corrected chi connectivity index (χ4v) is 3.24. The highest BCUT2D eigenvalue weighted by atomic mass is 16.6. The highest BCUT2D eigenvalue weighted by molar-refractivity contribution is 5.70. The molecule has 2 aromatic rings. The molecule has 0 atom stereocenters. The molecule has 1 aromatic carbocycles. The first kappa shape index (κ1) is 21.9. The number of carbonyl (C=O) groups excluding carboxylic acids is 1. The van der Waals surface area contributed by atoms with E-state index in [9.17, 15) is 10.1 Å². The van der Waals surface area contributed by atoms with Gasteiger partial charge in [-0.2, -0.15) is 10.2 Å². The molecule has 3 rings (SSSR count). The summed E-state index contributed by atoms with van der Waals surface area (Å²) in [6, 6.07) is 7.82. The van der Waals surface area contributed by atoms with Crippen LogP contribution in [0.25, 0.3) is 0 Å². The molecular formula is C23H26N6O2. The molecule has 1 aliphatic rings. The Kier molecular flexibility index (Phi) is 6.31. The van der Waals surface area contributed by atoms with Gasteiger partial charge in [0, 0.05) is 12.1 Å². The van der Waals surface area contributed by atoms with Crippen LogP contribution in [0.3, 0.4) is 0 Å². The Morgan fingerprint density at radius 3 is 2.74 bits per heavy atom. The summed E-state index contributed by atoms with van der Waals surface area (Å²) in [7, 11) is 0. The number of ether oxygens (including phenoxy) is 1. The summed E-state index contributed by atoms with van der Waals surface area (Å²) in [6.45, 7) is 8.86. The minimum absolute atomic E-state index is 0.289. The molecule has 2 heterocycles. The number of benzene rings is 1. The molecular weight excluding hydrogens is 392 g/mol. The monoisotopic (exact) mass is 418 g/mol. The number of nitrogens with zero attached hydrogens (tertiary/aromatic N) is 4. The Morgan fingerprint density at radius 2 is 2.06 bits per heavy atom. The topological polar surface area (TPSA) is 103 Å². The van der Waals surface area contributed by atoms with Gasteiger partial charge in [-0.3, -0.25) is 4.90 Å². The Bertz CT molecular complexity index is 1080. The summed E-state index contributed by atoms with van der Waals surface area (Å²) in [5.41, 5.74) is 3.55. The lowest BCUT2D eigenvalue weighted by molar-refractivity contribution is 0.0241. The molecule has 8 heteroatoms. The van der Waals surface area contributed by atoms with E-state index in [0.29, 0.717) is 37.0 Å². The highest BCUT2D eigenvalue weighted by Crippen LogP contribution is 2.30. The Morgan fingerprint density at radius 1 is 1.29 bits per heavy atom. The molecule has 160 valence electrons. The van der Waals surface area contributed by atoms with Crippen molar-refractivity contribution in [2.75, 3.05) is 17.2 Å². The SMILES string of the molecule is C#CCNc1nc2c(c(NCc3cccc(C#N)c3C)n1)CN(C(=O)OC(C)(C)C)C2. The van der Waals surface area contributed by atoms with Crippen molar-refractivity contribution in [1.29, 1.82) is 5.26 Å². The van der Waals surface area contributed by atoms with Crippen LogP contribution >= 0.6 is 0 Å². The van der Waals surface area contributed by atoms with E-state index in [2.05, 4.69) is 32.6 Å². The third-order valence-electron chi connectivity index (χ3n) is 4.80. The van der Waals surface area contributed by atoms with Crippen LogP contribution in [-0.4, -0.2) is 33.1 Å². The van der Waals surface area contributed by atoms with Gasteiger partial charge < -0.3 is 15.4 Å². The van der Waals surface area contributed by atoms with Gasteiger partial charge in [0.1, 0.15) is 11.4 Å². The van der Waals surface area contributed by atoms with E-state index in [1.54, 1.807) is 11.0 Å². The maximum Gasteiger partial charge on any atom is 0.410 e. The molecule has 0 aliphatic carbocycles. The van der Waals surface area contributed by atoms with Crippen LogP contribution in [0.1, 0.15) is 48.7 Å². The van der Waals surface area contributed by atoms with Gasteiger partial charge in [0.15, 0.2) is 0 Å². The number of nitrogens with one attached hydrogen (secondary N) is 2. The third-order valence-corrected chi connectivity index (χ3v) is 4.80. The van der Waals surface area contributed by atoms with E-state index in [1.165, 1.54) is 0 Å². The number of nitriles is 1. The maximum absolute atomic E-state index is 12.6. The summed E-state index contributed by atoms with van der Waals surface area (Å²) < 4.78 is 5.50. The lowest BCUT2D eigenvalue weighted by atomic mass is 10.0. The molecule has 8 nitrogen and oxygen atoms in total. The van der Waals surface area contributed by atoms with E-state index >= 15 is 0 Å². The van der Waals surface area contributed by atoms with Crippen molar-refractivity contribution < 1.29 is 9.53 Å². The minimum atomic E-state index is -0.582. The van der Waals surface area contributed by atoms with Crippen molar-refractivity contribution in [1.82, 2.24) is 14.9 Å². The number of terminal acetylenes is 1. The predicted octanol–water partition coefficient (Wildman–Crippen LogP) is 3.56. The van der Waals surface area contributed by atoms with Crippen molar-refractivity contribution in [3.63, 3.8) is 0 Å². The highest BCUT2D eigenvalue weighted by Gasteiger charge is 2.31. The van der Waals surface area contributed by atoms with Crippen LogP contribution in [0.5, 0.6) is 0 Å². The maximum atomic E-state index is 12.6. The Hall–Kier alpha value is -3.78. The molecule has 2 N–H and O–H groups in total. The fraction of sp³-hybridized carbons (Fsp3) is 0.391. The summed E-state index contributed by atoms with van der Waals surface area (Å²) in [6.07, 6.45) is 4.95. The Balaban J connectivity index is 1.86. The summed E-state index contributed by atoms with van der Waals surface area (Å²) in [5, 5.41) is 15.6. The van der Waals surface area contributed by atoms with Crippen LogP contribution in [-0.2, 0) is 24.4 Å². The van der Waals surface area contributed by atoms with Crippen LogP contribution in [0.4, 0.5) is 16.6 Å². The number of fused-ring (bicyclic) bond motifs is 1. The largest absolute Gasteiger partial charge is 0.444 e. The average Bonchev–Trinajstić information content (AvgIpc) is 3.14. The second-order valence-electron chi connectivity index (χ2n) is 8.27. The van der Waals surface area contributed by atoms with Crippen molar-refractivity contribution in [2.24, 2.45) is 0 Å². The summed E-state index contributed by atoms with van der Waals surface area (Å²) in [4.78, 5) is 23.2. The van der Waals surface area contributed by atoms with Gasteiger partial charge in [-0.1, -0.05) is 18.1 Å². The van der Waals surface area contributed by atoms with Crippen molar-refractivity contribution >= 4 is 17.9 Å². The van der Waals surface area contributed by atoms with E-state index in [0.717, 1.165) is 22.4 Å². The first-order valence-electron chi connectivity index (χ1n) is 9.99. The minimum Gasteiger partial charge on any atom is -0.444 e. The van der Waals surface area contributed by atoms with Crippen LogP contribution < -0.4 is 10.6 Å². The molecule has 0 bridgehead atoms. The van der Waals surface area contributed by atoms with Crippen LogP contribution in [0.2, 0.25) is 0 Å².